The van der Waals surface area contributed by atoms with Crippen LogP contribution in [0.1, 0.15) is 5.56 Å². The highest BCUT2D eigenvalue weighted by Gasteiger charge is 2.10. The van der Waals surface area contributed by atoms with Gasteiger partial charge in [0.05, 0.1) is 12.7 Å². The van der Waals surface area contributed by atoms with E-state index in [4.69, 9.17) is 0 Å². The first kappa shape index (κ1) is 15.0. The van der Waals surface area contributed by atoms with Gasteiger partial charge >= 0.3 is 0 Å². The number of rotatable bonds is 3. The van der Waals surface area contributed by atoms with Crippen LogP contribution >= 0.6 is 0 Å². The highest BCUT2D eigenvalue weighted by atomic mass is 35.5. The van der Waals surface area contributed by atoms with Crippen LogP contribution in [0.3, 0.4) is 0 Å². The zero-order chi connectivity index (χ0) is 13.1. The SMILES string of the molecule is Cc1ccc(NC(=O)Cn2cc[n+](C)c2)c(O)c1.[Cl-]. The summed E-state index contributed by atoms with van der Waals surface area (Å²) in [5.74, 6) is -0.0910. The van der Waals surface area contributed by atoms with Gasteiger partial charge in [0.2, 0.25) is 6.33 Å². The lowest BCUT2D eigenvalue weighted by Gasteiger charge is -2.06. The molecule has 0 unspecified atom stereocenters. The van der Waals surface area contributed by atoms with Gasteiger partial charge in [-0.3, -0.25) is 4.79 Å². The van der Waals surface area contributed by atoms with E-state index in [0.29, 0.717) is 5.69 Å². The molecule has 0 bridgehead atoms. The van der Waals surface area contributed by atoms with E-state index in [0.717, 1.165) is 5.56 Å². The van der Waals surface area contributed by atoms with Gasteiger partial charge in [0, 0.05) is 0 Å². The number of nitrogens with one attached hydrogen (secondary N) is 1. The van der Waals surface area contributed by atoms with E-state index in [-0.39, 0.29) is 30.6 Å². The topological polar surface area (TPSA) is 58.1 Å². The highest BCUT2D eigenvalue weighted by Crippen LogP contribution is 2.23. The fourth-order valence-corrected chi connectivity index (χ4v) is 1.70. The zero-order valence-corrected chi connectivity index (χ0v) is 11.6. The van der Waals surface area contributed by atoms with Crippen molar-refractivity contribution in [2.75, 3.05) is 5.32 Å². The first-order valence-electron chi connectivity index (χ1n) is 5.65. The number of benzene rings is 1. The maximum Gasteiger partial charge on any atom is 0.266 e. The first-order chi connectivity index (χ1) is 8.54. The third kappa shape index (κ3) is 3.99. The molecule has 0 fully saturated rings. The summed E-state index contributed by atoms with van der Waals surface area (Å²) in [6.45, 7) is 2.10. The number of carbonyl (C=O) groups is 1. The second-order valence-corrected chi connectivity index (χ2v) is 4.32. The van der Waals surface area contributed by atoms with Crippen molar-refractivity contribution in [3.8, 4) is 5.75 Å². The lowest BCUT2D eigenvalue weighted by atomic mass is 10.2. The zero-order valence-electron chi connectivity index (χ0n) is 10.8. The molecule has 102 valence electrons. The summed E-state index contributed by atoms with van der Waals surface area (Å²) in [7, 11) is 1.89. The van der Waals surface area contributed by atoms with Gasteiger partial charge in [0.15, 0.2) is 6.54 Å². The predicted octanol–water partition coefficient (Wildman–Crippen LogP) is -2.03. The van der Waals surface area contributed by atoms with Crippen LogP contribution in [0.2, 0.25) is 0 Å². The number of hydrogen-bond donors (Lipinski definition) is 2. The number of aryl methyl sites for hydroxylation is 2. The normalized spacial score (nSPS) is 9.79. The van der Waals surface area contributed by atoms with Crippen LogP contribution in [0, 0.1) is 6.92 Å². The van der Waals surface area contributed by atoms with E-state index in [2.05, 4.69) is 5.32 Å². The average Bonchev–Trinajstić information content (AvgIpc) is 2.68. The van der Waals surface area contributed by atoms with E-state index in [9.17, 15) is 9.90 Å². The second kappa shape index (κ2) is 6.24. The maximum absolute atomic E-state index is 11.8. The number of nitrogens with zero attached hydrogens (tertiary/aromatic N) is 2. The lowest BCUT2D eigenvalue weighted by Crippen LogP contribution is -3.00. The molecule has 19 heavy (non-hydrogen) atoms. The molecule has 0 saturated heterocycles. The summed E-state index contributed by atoms with van der Waals surface area (Å²) in [6.07, 6.45) is 5.49. The van der Waals surface area contributed by atoms with Crippen molar-refractivity contribution in [2.24, 2.45) is 7.05 Å². The Balaban J connectivity index is 0.00000180. The van der Waals surface area contributed by atoms with Crippen molar-refractivity contribution in [2.45, 2.75) is 13.5 Å². The molecule has 0 radical (unpaired) electrons. The van der Waals surface area contributed by atoms with Gasteiger partial charge in [-0.1, -0.05) is 6.07 Å². The maximum atomic E-state index is 11.8. The molecule has 5 nitrogen and oxygen atoms in total. The Kier molecular flexibility index (Phi) is 4.94. The largest absolute Gasteiger partial charge is 1.00 e. The van der Waals surface area contributed by atoms with Crippen LogP contribution in [0.5, 0.6) is 5.75 Å². The third-order valence-corrected chi connectivity index (χ3v) is 2.58. The molecular weight excluding hydrogens is 266 g/mol. The number of carbonyl (C=O) groups excluding carboxylic acids is 1. The summed E-state index contributed by atoms with van der Waals surface area (Å²) in [6, 6.07) is 5.15. The number of halogens is 1. The monoisotopic (exact) mass is 281 g/mol. The number of amides is 1. The van der Waals surface area contributed by atoms with Crippen LogP contribution in [-0.4, -0.2) is 15.6 Å². The molecule has 2 aromatic rings. The minimum Gasteiger partial charge on any atom is -1.00 e. The van der Waals surface area contributed by atoms with Crippen molar-refractivity contribution in [3.05, 3.63) is 42.5 Å². The molecule has 0 aliphatic rings. The molecule has 1 amide bonds. The van der Waals surface area contributed by atoms with Gasteiger partial charge in [-0.05, 0) is 24.6 Å². The molecule has 1 aromatic carbocycles. The molecule has 0 spiro atoms. The quantitative estimate of drug-likeness (QED) is 0.504. The molecule has 0 aliphatic carbocycles. The molecule has 0 aliphatic heterocycles. The summed E-state index contributed by atoms with van der Waals surface area (Å²) in [5.41, 5.74) is 1.38. The predicted molar refractivity (Wildman–Crippen MR) is 67.1 cm³/mol. The smallest absolute Gasteiger partial charge is 0.266 e. The Morgan fingerprint density at radius 3 is 2.79 bits per heavy atom. The van der Waals surface area contributed by atoms with E-state index < -0.39 is 0 Å². The Morgan fingerprint density at radius 2 is 2.21 bits per heavy atom. The Morgan fingerprint density at radius 1 is 1.47 bits per heavy atom. The fourth-order valence-electron chi connectivity index (χ4n) is 1.70. The molecule has 6 heteroatoms. The molecule has 2 rings (SSSR count). The van der Waals surface area contributed by atoms with Crippen LogP contribution < -0.4 is 22.3 Å². The summed E-state index contributed by atoms with van der Waals surface area (Å²) >= 11 is 0. The number of hydrogen-bond acceptors (Lipinski definition) is 2. The average molecular weight is 282 g/mol. The minimum absolute atomic E-state index is 0. The molecule has 2 N–H and O–H groups in total. The van der Waals surface area contributed by atoms with Crippen LogP contribution in [0.15, 0.2) is 36.9 Å². The number of aromatic nitrogens is 2. The number of phenols is 1. The Hall–Kier alpha value is -2.01. The molecule has 1 heterocycles. The Labute approximate surface area is 117 Å². The van der Waals surface area contributed by atoms with Crippen molar-refractivity contribution in [3.63, 3.8) is 0 Å². The lowest BCUT2D eigenvalue weighted by molar-refractivity contribution is -0.671. The van der Waals surface area contributed by atoms with Gasteiger partial charge in [-0.25, -0.2) is 9.13 Å². The summed E-state index contributed by atoms with van der Waals surface area (Å²) in [5, 5.41) is 12.4. The highest BCUT2D eigenvalue weighted by molar-refractivity contribution is 5.92. The molecule has 0 saturated carbocycles. The number of anilines is 1. The summed E-state index contributed by atoms with van der Waals surface area (Å²) < 4.78 is 3.62. The molecular formula is C13H16ClN3O2. The van der Waals surface area contributed by atoms with Gasteiger partial charge in [0.1, 0.15) is 18.1 Å². The Bertz CT molecular complexity index is 581. The number of phenolic OH excluding ortho intramolecular Hbond substituents is 1. The van der Waals surface area contributed by atoms with Gasteiger partial charge in [0.25, 0.3) is 5.91 Å². The summed E-state index contributed by atoms with van der Waals surface area (Å²) in [4.78, 5) is 11.8. The molecule has 0 atom stereocenters. The van der Waals surface area contributed by atoms with E-state index in [1.165, 1.54) is 0 Å². The van der Waals surface area contributed by atoms with Crippen LogP contribution in [0.25, 0.3) is 0 Å². The van der Waals surface area contributed by atoms with E-state index in [1.807, 2.05) is 43.3 Å². The second-order valence-electron chi connectivity index (χ2n) is 4.32. The van der Waals surface area contributed by atoms with E-state index >= 15 is 0 Å². The first-order valence-corrected chi connectivity index (χ1v) is 5.65. The van der Waals surface area contributed by atoms with E-state index in [1.54, 1.807) is 16.7 Å². The number of imidazole rings is 1. The van der Waals surface area contributed by atoms with Crippen molar-refractivity contribution >= 4 is 11.6 Å². The third-order valence-electron chi connectivity index (χ3n) is 2.58. The number of aromatic hydroxyl groups is 1. The minimum atomic E-state index is -0.176. The van der Waals surface area contributed by atoms with Crippen molar-refractivity contribution in [1.82, 2.24) is 4.57 Å². The molecule has 1 aromatic heterocycles. The van der Waals surface area contributed by atoms with Crippen LogP contribution in [0.4, 0.5) is 5.69 Å². The standard InChI is InChI=1S/C13H15N3O2.ClH/c1-10-3-4-11(12(17)7-10)14-13(18)8-16-6-5-15(2)9-16;/h3-7,9H,8H2,1-2H3,(H-,14,17,18);1H. The van der Waals surface area contributed by atoms with Crippen molar-refractivity contribution < 1.29 is 26.9 Å². The van der Waals surface area contributed by atoms with Crippen LogP contribution in [-0.2, 0) is 18.4 Å². The van der Waals surface area contributed by atoms with Crippen molar-refractivity contribution in [1.29, 1.82) is 0 Å². The van der Waals surface area contributed by atoms with Gasteiger partial charge < -0.3 is 22.8 Å². The van der Waals surface area contributed by atoms with Gasteiger partial charge in [-0.2, -0.15) is 0 Å². The fraction of sp³-hybridized carbons (Fsp3) is 0.231. The van der Waals surface area contributed by atoms with Gasteiger partial charge in [-0.15, -0.1) is 0 Å².